The summed E-state index contributed by atoms with van der Waals surface area (Å²) in [7, 11) is 0. The number of halogens is 2. The number of nitrogens with two attached hydrogens (primary N) is 2. The van der Waals surface area contributed by atoms with Crippen molar-refractivity contribution in [3.8, 4) is 22.8 Å². The number of amides is 2. The van der Waals surface area contributed by atoms with E-state index in [2.05, 4.69) is 5.10 Å². The third kappa shape index (κ3) is 5.01. The van der Waals surface area contributed by atoms with E-state index in [-0.39, 0.29) is 29.1 Å². The lowest BCUT2D eigenvalue weighted by atomic mass is 10.1. The molecule has 0 saturated carbocycles. The van der Waals surface area contributed by atoms with Crippen LogP contribution >= 0.6 is 0 Å². The Labute approximate surface area is 200 Å². The van der Waals surface area contributed by atoms with E-state index in [1.54, 1.807) is 46.8 Å². The molecule has 1 aromatic heterocycles. The van der Waals surface area contributed by atoms with Crippen molar-refractivity contribution in [2.75, 3.05) is 18.8 Å². The number of likely N-dealkylation sites (tertiary alicyclic amines) is 1. The topological polar surface area (TPSA) is 116 Å². The number of nitrogen functional groups attached to an aromatic ring is 1. The Morgan fingerprint density at radius 2 is 1.91 bits per heavy atom. The van der Waals surface area contributed by atoms with Crippen LogP contribution in [0.15, 0.2) is 54.6 Å². The molecule has 4 N–H and O–H groups in total. The second-order valence-electron chi connectivity index (χ2n) is 8.20. The monoisotopic (exact) mass is 481 g/mol. The molecule has 1 aliphatic rings. The summed E-state index contributed by atoms with van der Waals surface area (Å²) in [6.45, 7) is 2.82. The minimum absolute atomic E-state index is 0.0835. The van der Waals surface area contributed by atoms with Crippen LogP contribution in [0.3, 0.4) is 0 Å². The minimum Gasteiger partial charge on any atom is -0.454 e. The van der Waals surface area contributed by atoms with Gasteiger partial charge in [-0.3, -0.25) is 9.59 Å². The van der Waals surface area contributed by atoms with Gasteiger partial charge in [0.2, 0.25) is 5.91 Å². The van der Waals surface area contributed by atoms with E-state index < -0.39 is 17.5 Å². The molecule has 1 saturated heterocycles. The zero-order chi connectivity index (χ0) is 25.1. The van der Waals surface area contributed by atoms with Crippen molar-refractivity contribution in [3.05, 3.63) is 71.8 Å². The molecule has 1 atom stereocenters. The molecular weight excluding hydrogens is 456 g/mol. The van der Waals surface area contributed by atoms with Crippen molar-refractivity contribution >= 4 is 17.6 Å². The number of hydrogen-bond acceptors (Lipinski definition) is 5. The van der Waals surface area contributed by atoms with Gasteiger partial charge in [0.1, 0.15) is 28.6 Å². The van der Waals surface area contributed by atoms with Crippen molar-refractivity contribution in [1.29, 1.82) is 0 Å². The van der Waals surface area contributed by atoms with Crippen LogP contribution in [0.5, 0.6) is 11.5 Å². The highest BCUT2D eigenvalue weighted by Gasteiger charge is 2.29. The quantitative estimate of drug-likeness (QED) is 0.516. The third-order valence-electron chi connectivity index (χ3n) is 5.81. The normalized spacial score (nSPS) is 16.0. The van der Waals surface area contributed by atoms with Gasteiger partial charge in [-0.2, -0.15) is 5.10 Å². The number of rotatable bonds is 6. The van der Waals surface area contributed by atoms with Crippen molar-refractivity contribution in [1.82, 2.24) is 14.7 Å². The molecule has 2 heterocycles. The van der Waals surface area contributed by atoms with Gasteiger partial charge >= 0.3 is 0 Å². The molecule has 3 aromatic rings. The zero-order valence-electron chi connectivity index (χ0n) is 19.1. The highest BCUT2D eigenvalue weighted by Crippen LogP contribution is 2.33. The number of hydrogen-bond donors (Lipinski definition) is 2. The number of primary amides is 1. The molecule has 2 amide bonds. The molecule has 1 fully saturated rings. The Balaban J connectivity index is 1.62. The van der Waals surface area contributed by atoms with Crippen molar-refractivity contribution in [2.24, 2.45) is 5.73 Å². The molecule has 35 heavy (non-hydrogen) atoms. The second kappa shape index (κ2) is 9.96. The smallest absolute Gasteiger partial charge is 0.254 e. The fourth-order valence-corrected chi connectivity index (χ4v) is 4.14. The van der Waals surface area contributed by atoms with E-state index in [0.29, 0.717) is 30.1 Å². The first kappa shape index (κ1) is 23.9. The molecule has 0 aliphatic carbocycles. The summed E-state index contributed by atoms with van der Waals surface area (Å²) >= 11 is 0. The number of carbonyl (C=O) groups is 2. The van der Waals surface area contributed by atoms with E-state index in [9.17, 15) is 18.4 Å². The number of aromatic nitrogens is 2. The van der Waals surface area contributed by atoms with Gasteiger partial charge in [-0.1, -0.05) is 6.08 Å². The van der Waals surface area contributed by atoms with E-state index in [0.717, 1.165) is 25.0 Å². The Morgan fingerprint density at radius 1 is 1.17 bits per heavy atom. The first-order chi connectivity index (χ1) is 16.8. The lowest BCUT2D eigenvalue weighted by molar-refractivity contribution is -0.127. The standard InChI is InChI=1S/C25H25F2N5O3/c1-2-4-21(33)31-12-3-5-17(14-31)32-24(28)22(25(29)34)23(30-32)15-6-9-18(10-7-15)35-20-11-8-16(26)13-19(20)27/h2,4,6-11,13,17H,3,5,12,14,28H2,1H3,(H2,29,34)/b4-2+/t17-/m1/s1. The minimum atomic E-state index is -0.828. The number of benzene rings is 2. The molecule has 1 aliphatic heterocycles. The first-order valence-corrected chi connectivity index (χ1v) is 11.1. The van der Waals surface area contributed by atoms with Gasteiger partial charge in [0, 0.05) is 24.7 Å². The molecule has 10 heteroatoms. The van der Waals surface area contributed by atoms with Crippen LogP contribution in [-0.4, -0.2) is 39.6 Å². The van der Waals surface area contributed by atoms with E-state index >= 15 is 0 Å². The van der Waals surface area contributed by atoms with Crippen LogP contribution in [-0.2, 0) is 4.79 Å². The maximum absolute atomic E-state index is 13.9. The van der Waals surface area contributed by atoms with Gasteiger partial charge < -0.3 is 21.1 Å². The summed E-state index contributed by atoms with van der Waals surface area (Å²) in [4.78, 5) is 26.3. The first-order valence-electron chi connectivity index (χ1n) is 11.1. The number of nitrogens with zero attached hydrogens (tertiary/aromatic N) is 3. The third-order valence-corrected chi connectivity index (χ3v) is 5.81. The lowest BCUT2D eigenvalue weighted by Gasteiger charge is -2.32. The van der Waals surface area contributed by atoms with E-state index in [1.807, 2.05) is 0 Å². The van der Waals surface area contributed by atoms with Crippen molar-refractivity contribution in [2.45, 2.75) is 25.8 Å². The highest BCUT2D eigenvalue weighted by molar-refractivity contribution is 6.03. The van der Waals surface area contributed by atoms with E-state index in [1.165, 1.54) is 12.1 Å². The predicted octanol–water partition coefficient (Wildman–Crippen LogP) is 4.04. The fraction of sp³-hybridized carbons (Fsp3) is 0.240. The van der Waals surface area contributed by atoms with Gasteiger partial charge in [-0.15, -0.1) is 0 Å². The van der Waals surface area contributed by atoms with Gasteiger partial charge in [0.15, 0.2) is 11.6 Å². The summed E-state index contributed by atoms with van der Waals surface area (Å²) < 4.78 is 34.1. The number of ether oxygens (including phenoxy) is 1. The molecule has 0 bridgehead atoms. The van der Waals surface area contributed by atoms with E-state index in [4.69, 9.17) is 16.2 Å². The molecule has 8 nitrogen and oxygen atoms in total. The summed E-state index contributed by atoms with van der Waals surface area (Å²) in [6.07, 6.45) is 4.70. The maximum atomic E-state index is 13.9. The molecule has 182 valence electrons. The highest BCUT2D eigenvalue weighted by atomic mass is 19.1. The van der Waals surface area contributed by atoms with Crippen LogP contribution in [0, 0.1) is 11.6 Å². The Bertz CT molecular complexity index is 1290. The van der Waals surface area contributed by atoms with Gasteiger partial charge in [0.05, 0.1) is 6.04 Å². The SMILES string of the molecule is C/C=C/C(=O)N1CCC[C@@H](n2nc(-c3ccc(Oc4ccc(F)cc4F)cc3)c(C(N)=O)c2N)C1. The second-order valence-corrected chi connectivity index (χ2v) is 8.20. The molecular formula is C25H25F2N5O3. The number of anilines is 1. The molecule has 0 unspecified atom stereocenters. The summed E-state index contributed by atoms with van der Waals surface area (Å²) in [5.41, 5.74) is 12.9. The van der Waals surface area contributed by atoms with Crippen molar-refractivity contribution < 1.29 is 23.1 Å². The van der Waals surface area contributed by atoms with Crippen LogP contribution in [0.1, 0.15) is 36.2 Å². The Kier molecular flexibility index (Phi) is 6.81. The van der Waals surface area contributed by atoms with Crippen LogP contribution in [0.25, 0.3) is 11.3 Å². The van der Waals surface area contributed by atoms with Crippen LogP contribution in [0.2, 0.25) is 0 Å². The summed E-state index contributed by atoms with van der Waals surface area (Å²) in [5, 5.41) is 4.59. The number of piperidine rings is 1. The van der Waals surface area contributed by atoms with Gasteiger partial charge in [-0.25, -0.2) is 13.5 Å². The molecule has 4 rings (SSSR count). The Morgan fingerprint density at radius 3 is 2.57 bits per heavy atom. The fourth-order valence-electron chi connectivity index (χ4n) is 4.14. The average molecular weight is 482 g/mol. The number of allylic oxidation sites excluding steroid dienone is 1. The lowest BCUT2D eigenvalue weighted by Crippen LogP contribution is -2.40. The van der Waals surface area contributed by atoms with Crippen LogP contribution < -0.4 is 16.2 Å². The molecule has 0 spiro atoms. The van der Waals surface area contributed by atoms with Gasteiger partial charge in [0.25, 0.3) is 5.91 Å². The zero-order valence-corrected chi connectivity index (χ0v) is 19.1. The van der Waals surface area contributed by atoms with Crippen molar-refractivity contribution in [3.63, 3.8) is 0 Å². The van der Waals surface area contributed by atoms with Crippen LogP contribution in [0.4, 0.5) is 14.6 Å². The predicted molar refractivity (Wildman–Crippen MR) is 127 cm³/mol. The van der Waals surface area contributed by atoms with Gasteiger partial charge in [-0.05, 0) is 62.2 Å². The maximum Gasteiger partial charge on any atom is 0.254 e. The largest absolute Gasteiger partial charge is 0.454 e. The summed E-state index contributed by atoms with van der Waals surface area (Å²) in [5.74, 6) is -2.04. The Hall–Kier alpha value is -4.21. The number of carbonyl (C=O) groups excluding carboxylic acids is 2. The summed E-state index contributed by atoms with van der Waals surface area (Å²) in [6, 6.07) is 9.22. The molecule has 2 aromatic carbocycles. The molecule has 0 radical (unpaired) electrons. The average Bonchev–Trinajstić information content (AvgIpc) is 3.19.